The van der Waals surface area contributed by atoms with E-state index in [0.717, 1.165) is 29.9 Å². The first-order valence-corrected chi connectivity index (χ1v) is 6.96. The number of hydrogen-bond donors (Lipinski definition) is 2. The van der Waals surface area contributed by atoms with Gasteiger partial charge in [0.15, 0.2) is 0 Å². The van der Waals surface area contributed by atoms with Crippen LogP contribution in [0.1, 0.15) is 21.5 Å². The number of rotatable bonds is 2. The molecule has 0 radical (unpaired) electrons. The van der Waals surface area contributed by atoms with Gasteiger partial charge in [-0.3, -0.25) is 4.79 Å². The van der Waals surface area contributed by atoms with Crippen LogP contribution in [0.15, 0.2) is 36.4 Å². The maximum Gasteiger partial charge on any atom is 0.255 e. The van der Waals surface area contributed by atoms with Crippen molar-refractivity contribution in [3.8, 4) is 0 Å². The summed E-state index contributed by atoms with van der Waals surface area (Å²) in [5.41, 5.74) is 4.62. The standard InChI is InChI=1S/C16H15ClN2O/c1-10-13(3-2-4-14(10)17)16(20)19-12-5-6-15-11(9-12)7-8-18-15/h2-6,9,18H,7-8H2,1H3,(H,19,20). The molecule has 1 aliphatic rings. The lowest BCUT2D eigenvalue weighted by Gasteiger charge is -2.10. The highest BCUT2D eigenvalue weighted by atomic mass is 35.5. The van der Waals surface area contributed by atoms with Crippen LogP contribution < -0.4 is 10.6 Å². The van der Waals surface area contributed by atoms with Crippen LogP contribution in [-0.2, 0) is 6.42 Å². The van der Waals surface area contributed by atoms with Crippen LogP contribution in [0.2, 0.25) is 5.02 Å². The monoisotopic (exact) mass is 286 g/mol. The first-order chi connectivity index (χ1) is 9.65. The summed E-state index contributed by atoms with van der Waals surface area (Å²) < 4.78 is 0. The smallest absolute Gasteiger partial charge is 0.255 e. The van der Waals surface area contributed by atoms with E-state index in [0.29, 0.717) is 10.6 Å². The lowest BCUT2D eigenvalue weighted by atomic mass is 10.1. The Morgan fingerprint density at radius 3 is 3.00 bits per heavy atom. The van der Waals surface area contributed by atoms with Gasteiger partial charge in [-0.2, -0.15) is 0 Å². The fourth-order valence-corrected chi connectivity index (χ4v) is 2.61. The molecule has 0 bridgehead atoms. The number of amides is 1. The van der Waals surface area contributed by atoms with E-state index < -0.39 is 0 Å². The zero-order valence-electron chi connectivity index (χ0n) is 11.2. The van der Waals surface area contributed by atoms with Gasteiger partial charge >= 0.3 is 0 Å². The van der Waals surface area contributed by atoms with Gasteiger partial charge < -0.3 is 10.6 Å². The number of nitrogens with one attached hydrogen (secondary N) is 2. The molecule has 1 amide bonds. The van der Waals surface area contributed by atoms with Gasteiger partial charge in [0.25, 0.3) is 5.91 Å². The molecule has 0 fully saturated rings. The minimum Gasteiger partial charge on any atom is -0.384 e. The number of carbonyl (C=O) groups is 1. The number of hydrogen-bond acceptors (Lipinski definition) is 2. The maximum atomic E-state index is 12.3. The highest BCUT2D eigenvalue weighted by Crippen LogP contribution is 2.26. The second-order valence-electron chi connectivity index (χ2n) is 4.92. The average molecular weight is 287 g/mol. The summed E-state index contributed by atoms with van der Waals surface area (Å²) in [6, 6.07) is 11.3. The molecule has 0 unspecified atom stereocenters. The summed E-state index contributed by atoms with van der Waals surface area (Å²) >= 11 is 6.05. The molecule has 0 spiro atoms. The fraction of sp³-hybridized carbons (Fsp3) is 0.188. The lowest BCUT2D eigenvalue weighted by molar-refractivity contribution is 0.102. The Morgan fingerprint density at radius 1 is 1.30 bits per heavy atom. The molecule has 20 heavy (non-hydrogen) atoms. The molecule has 1 aliphatic heterocycles. The van der Waals surface area contributed by atoms with E-state index >= 15 is 0 Å². The van der Waals surface area contributed by atoms with E-state index in [9.17, 15) is 4.79 Å². The Bertz CT molecular complexity index is 682. The van der Waals surface area contributed by atoms with Crippen LogP contribution in [0, 0.1) is 6.92 Å². The highest BCUT2D eigenvalue weighted by Gasteiger charge is 2.13. The van der Waals surface area contributed by atoms with E-state index in [-0.39, 0.29) is 5.91 Å². The van der Waals surface area contributed by atoms with E-state index in [2.05, 4.69) is 10.6 Å². The van der Waals surface area contributed by atoms with Crippen LogP contribution in [0.5, 0.6) is 0 Å². The predicted molar refractivity (Wildman–Crippen MR) is 82.8 cm³/mol. The van der Waals surface area contributed by atoms with Gasteiger partial charge in [-0.05, 0) is 54.8 Å². The minimum absolute atomic E-state index is 0.129. The van der Waals surface area contributed by atoms with Crippen molar-refractivity contribution in [2.75, 3.05) is 17.2 Å². The highest BCUT2D eigenvalue weighted by molar-refractivity contribution is 6.32. The van der Waals surface area contributed by atoms with Crippen LogP contribution in [0.3, 0.4) is 0 Å². The van der Waals surface area contributed by atoms with Crippen molar-refractivity contribution in [1.29, 1.82) is 0 Å². The van der Waals surface area contributed by atoms with E-state index in [1.54, 1.807) is 18.2 Å². The molecule has 2 aromatic rings. The Morgan fingerprint density at radius 2 is 2.15 bits per heavy atom. The van der Waals surface area contributed by atoms with Crippen LogP contribution >= 0.6 is 11.6 Å². The van der Waals surface area contributed by atoms with Crippen molar-refractivity contribution in [3.63, 3.8) is 0 Å². The zero-order chi connectivity index (χ0) is 14.1. The SMILES string of the molecule is Cc1c(Cl)cccc1C(=O)Nc1ccc2c(c1)CCN2. The Balaban J connectivity index is 1.84. The molecule has 4 heteroatoms. The third-order valence-corrected chi connectivity index (χ3v) is 3.99. The zero-order valence-corrected chi connectivity index (χ0v) is 11.9. The molecule has 102 valence electrons. The number of benzene rings is 2. The number of fused-ring (bicyclic) bond motifs is 1. The first kappa shape index (κ1) is 13.0. The molecule has 0 aromatic heterocycles. The van der Waals surface area contributed by atoms with Crippen LogP contribution in [0.4, 0.5) is 11.4 Å². The maximum absolute atomic E-state index is 12.3. The summed E-state index contributed by atoms with van der Waals surface area (Å²) in [6.45, 7) is 2.81. The first-order valence-electron chi connectivity index (χ1n) is 6.58. The molecule has 0 saturated carbocycles. The average Bonchev–Trinajstić information content (AvgIpc) is 2.89. The third-order valence-electron chi connectivity index (χ3n) is 3.59. The topological polar surface area (TPSA) is 41.1 Å². The molecule has 2 aromatic carbocycles. The van der Waals surface area contributed by atoms with Gasteiger partial charge in [0.05, 0.1) is 0 Å². The predicted octanol–water partition coefficient (Wildman–Crippen LogP) is 3.87. The normalized spacial score (nSPS) is 12.7. The molecular weight excluding hydrogens is 272 g/mol. The number of anilines is 2. The number of carbonyl (C=O) groups excluding carboxylic acids is 1. The largest absolute Gasteiger partial charge is 0.384 e. The van der Waals surface area contributed by atoms with Gasteiger partial charge in [0.2, 0.25) is 0 Å². The third kappa shape index (κ3) is 2.37. The van der Waals surface area contributed by atoms with Crippen molar-refractivity contribution >= 4 is 28.9 Å². The van der Waals surface area contributed by atoms with Crippen LogP contribution in [-0.4, -0.2) is 12.5 Å². The van der Waals surface area contributed by atoms with Gasteiger partial charge in [0, 0.05) is 28.5 Å². The summed E-state index contributed by atoms with van der Waals surface area (Å²) in [6.07, 6.45) is 0.995. The Hall–Kier alpha value is -2.00. The van der Waals surface area contributed by atoms with Crippen molar-refractivity contribution in [2.24, 2.45) is 0 Å². The fourth-order valence-electron chi connectivity index (χ4n) is 2.43. The molecule has 3 nitrogen and oxygen atoms in total. The summed E-state index contributed by atoms with van der Waals surface area (Å²) in [5, 5.41) is 6.84. The van der Waals surface area contributed by atoms with Crippen molar-refractivity contribution in [3.05, 3.63) is 58.1 Å². The lowest BCUT2D eigenvalue weighted by Crippen LogP contribution is -2.13. The quantitative estimate of drug-likeness (QED) is 0.880. The van der Waals surface area contributed by atoms with Crippen LogP contribution in [0.25, 0.3) is 0 Å². The molecule has 2 N–H and O–H groups in total. The Labute approximate surface area is 123 Å². The molecule has 0 aliphatic carbocycles. The van der Waals surface area contributed by atoms with E-state index in [4.69, 9.17) is 11.6 Å². The summed E-state index contributed by atoms with van der Waals surface area (Å²) in [5.74, 6) is -0.129. The number of halogens is 1. The van der Waals surface area contributed by atoms with Crippen molar-refractivity contribution in [1.82, 2.24) is 0 Å². The van der Waals surface area contributed by atoms with Crippen molar-refractivity contribution in [2.45, 2.75) is 13.3 Å². The summed E-state index contributed by atoms with van der Waals surface area (Å²) in [4.78, 5) is 12.3. The second kappa shape index (κ2) is 5.17. The van der Waals surface area contributed by atoms with E-state index in [1.807, 2.05) is 25.1 Å². The molecule has 1 heterocycles. The van der Waals surface area contributed by atoms with Gasteiger partial charge in [-0.25, -0.2) is 0 Å². The summed E-state index contributed by atoms with van der Waals surface area (Å²) in [7, 11) is 0. The molecule has 0 atom stereocenters. The minimum atomic E-state index is -0.129. The van der Waals surface area contributed by atoms with E-state index in [1.165, 1.54) is 5.56 Å². The molecule has 3 rings (SSSR count). The van der Waals surface area contributed by atoms with Gasteiger partial charge in [0.1, 0.15) is 0 Å². The molecule has 0 saturated heterocycles. The van der Waals surface area contributed by atoms with Crippen molar-refractivity contribution < 1.29 is 4.79 Å². The Kier molecular flexibility index (Phi) is 3.36. The van der Waals surface area contributed by atoms with Gasteiger partial charge in [-0.15, -0.1) is 0 Å². The molecular formula is C16H15ClN2O. The van der Waals surface area contributed by atoms with Gasteiger partial charge in [-0.1, -0.05) is 17.7 Å². The second-order valence-corrected chi connectivity index (χ2v) is 5.32.